The summed E-state index contributed by atoms with van der Waals surface area (Å²) in [5.74, 6) is 0.369. The van der Waals surface area contributed by atoms with Crippen molar-refractivity contribution in [3.63, 3.8) is 0 Å². The molecule has 10 heavy (non-hydrogen) atoms. The van der Waals surface area contributed by atoms with Crippen molar-refractivity contribution < 1.29 is 0 Å². The lowest BCUT2D eigenvalue weighted by Crippen LogP contribution is -1.93. The van der Waals surface area contributed by atoms with Crippen molar-refractivity contribution in [2.24, 2.45) is 0 Å². The van der Waals surface area contributed by atoms with Gasteiger partial charge in [-0.25, -0.2) is 4.98 Å². The Balaban J connectivity index is 3.31. The molecule has 1 rings (SSSR count). The predicted octanol–water partition coefficient (Wildman–Crippen LogP) is 2.39. The van der Waals surface area contributed by atoms with Gasteiger partial charge in [-0.05, 0) is 28.9 Å². The van der Waals surface area contributed by atoms with Crippen LogP contribution in [0, 0.1) is 6.92 Å². The van der Waals surface area contributed by atoms with Gasteiger partial charge in [0.1, 0.15) is 5.82 Å². The summed E-state index contributed by atoms with van der Waals surface area (Å²) in [6.45, 7) is 1.86. The molecule has 0 aliphatic heterocycles. The monoisotopic (exact) mass is 220 g/mol. The second-order valence-corrected chi connectivity index (χ2v) is 3.18. The molecule has 2 nitrogen and oxygen atoms in total. The van der Waals surface area contributed by atoms with Gasteiger partial charge in [0.2, 0.25) is 0 Å². The molecule has 0 amide bonds. The highest BCUT2D eigenvalue weighted by Gasteiger charge is 2.02. The number of nitrogen functional groups attached to an aromatic ring is 1. The molecule has 2 N–H and O–H groups in total. The smallest absolute Gasteiger partial charge is 0.143 e. The average molecular weight is 221 g/mol. The van der Waals surface area contributed by atoms with E-state index in [0.29, 0.717) is 10.8 Å². The van der Waals surface area contributed by atoms with Crippen LogP contribution in [0.15, 0.2) is 10.5 Å². The lowest BCUT2D eigenvalue weighted by Gasteiger charge is -2.00. The molecule has 0 bridgehead atoms. The Labute approximate surface area is 72.5 Å². The topological polar surface area (TPSA) is 38.9 Å². The Morgan fingerprint density at radius 2 is 2.30 bits per heavy atom. The quantitative estimate of drug-likeness (QED) is 0.731. The van der Waals surface area contributed by atoms with Crippen LogP contribution in [0.3, 0.4) is 0 Å². The first-order valence-electron chi connectivity index (χ1n) is 2.69. The number of aromatic nitrogens is 1. The number of nitrogens with zero attached hydrogens (tertiary/aromatic N) is 1. The van der Waals surface area contributed by atoms with E-state index in [9.17, 15) is 0 Å². The molecule has 0 radical (unpaired) electrons. The van der Waals surface area contributed by atoms with Crippen LogP contribution >= 0.6 is 27.5 Å². The van der Waals surface area contributed by atoms with Gasteiger partial charge < -0.3 is 5.73 Å². The van der Waals surface area contributed by atoms with Gasteiger partial charge >= 0.3 is 0 Å². The molecule has 0 atom stereocenters. The van der Waals surface area contributed by atoms with Gasteiger partial charge in [-0.2, -0.15) is 0 Å². The molecule has 0 fully saturated rings. The number of halogens is 2. The van der Waals surface area contributed by atoms with Gasteiger partial charge in [0.05, 0.1) is 5.02 Å². The molecule has 1 aromatic rings. The highest BCUT2D eigenvalue weighted by Crippen LogP contribution is 2.26. The van der Waals surface area contributed by atoms with Crippen molar-refractivity contribution in [3.05, 3.63) is 21.3 Å². The average Bonchev–Trinajstić information content (AvgIpc) is 1.82. The van der Waals surface area contributed by atoms with Crippen molar-refractivity contribution in [1.82, 2.24) is 4.98 Å². The van der Waals surface area contributed by atoms with Gasteiger partial charge in [0.25, 0.3) is 0 Å². The molecule has 1 aromatic heterocycles. The van der Waals surface area contributed by atoms with Gasteiger partial charge in [0, 0.05) is 10.2 Å². The molecular weight excluding hydrogens is 215 g/mol. The van der Waals surface area contributed by atoms with E-state index in [-0.39, 0.29) is 0 Å². The number of nitrogens with two attached hydrogens (primary N) is 1. The normalized spacial score (nSPS) is 9.90. The van der Waals surface area contributed by atoms with Crippen LogP contribution in [0.4, 0.5) is 5.82 Å². The lowest BCUT2D eigenvalue weighted by molar-refractivity contribution is 1.20. The molecular formula is C6H6BrClN2. The molecule has 1 heterocycles. The van der Waals surface area contributed by atoms with Crippen molar-refractivity contribution in [3.8, 4) is 0 Å². The van der Waals surface area contributed by atoms with Crippen molar-refractivity contribution in [1.29, 1.82) is 0 Å². The van der Waals surface area contributed by atoms with Gasteiger partial charge in [-0.15, -0.1) is 0 Å². The number of rotatable bonds is 0. The third-order valence-electron chi connectivity index (χ3n) is 1.07. The summed E-state index contributed by atoms with van der Waals surface area (Å²) >= 11 is 8.96. The Morgan fingerprint density at radius 3 is 2.80 bits per heavy atom. The third kappa shape index (κ3) is 1.41. The zero-order valence-electron chi connectivity index (χ0n) is 5.36. The standard InChI is InChI=1S/C6H6BrClN2/c1-3-2-4(7)5(8)6(9)10-3/h2H,1H3,(H2,9,10). The van der Waals surface area contributed by atoms with E-state index in [0.717, 1.165) is 10.2 Å². The van der Waals surface area contributed by atoms with Crippen molar-refractivity contribution >= 4 is 33.3 Å². The van der Waals surface area contributed by atoms with Gasteiger partial charge in [-0.3, -0.25) is 0 Å². The van der Waals surface area contributed by atoms with E-state index in [1.54, 1.807) is 0 Å². The summed E-state index contributed by atoms with van der Waals surface area (Å²) in [5.41, 5.74) is 6.30. The van der Waals surface area contributed by atoms with Gasteiger partial charge in [-0.1, -0.05) is 11.6 Å². The minimum absolute atomic E-state index is 0.369. The number of hydrogen-bond donors (Lipinski definition) is 1. The maximum atomic E-state index is 5.72. The maximum absolute atomic E-state index is 5.72. The van der Waals surface area contributed by atoms with Crippen molar-refractivity contribution in [2.45, 2.75) is 6.92 Å². The van der Waals surface area contributed by atoms with Crippen LogP contribution < -0.4 is 5.73 Å². The Morgan fingerprint density at radius 1 is 1.70 bits per heavy atom. The number of pyridine rings is 1. The van der Waals surface area contributed by atoms with E-state index < -0.39 is 0 Å². The van der Waals surface area contributed by atoms with E-state index in [1.165, 1.54) is 0 Å². The first-order valence-corrected chi connectivity index (χ1v) is 3.86. The van der Waals surface area contributed by atoms with E-state index in [4.69, 9.17) is 17.3 Å². The summed E-state index contributed by atoms with van der Waals surface area (Å²) in [7, 11) is 0. The minimum Gasteiger partial charge on any atom is -0.382 e. The Bertz CT molecular complexity index is 239. The fourth-order valence-corrected chi connectivity index (χ4v) is 1.27. The summed E-state index contributed by atoms with van der Waals surface area (Å²) < 4.78 is 0.791. The largest absolute Gasteiger partial charge is 0.382 e. The SMILES string of the molecule is Cc1cc(Br)c(Cl)c(N)n1. The van der Waals surface area contributed by atoms with Gasteiger partial charge in [0.15, 0.2) is 0 Å². The van der Waals surface area contributed by atoms with Crippen LogP contribution in [0.1, 0.15) is 5.69 Å². The summed E-state index contributed by atoms with van der Waals surface area (Å²) in [6.07, 6.45) is 0. The molecule has 0 aromatic carbocycles. The van der Waals surface area contributed by atoms with Crippen molar-refractivity contribution in [2.75, 3.05) is 5.73 Å². The number of hydrogen-bond acceptors (Lipinski definition) is 2. The summed E-state index contributed by atoms with van der Waals surface area (Å²) in [5, 5.41) is 0.477. The van der Waals surface area contributed by atoms with E-state index in [2.05, 4.69) is 20.9 Å². The first-order chi connectivity index (χ1) is 4.61. The van der Waals surface area contributed by atoms with E-state index in [1.807, 2.05) is 13.0 Å². The highest BCUT2D eigenvalue weighted by atomic mass is 79.9. The predicted molar refractivity (Wildman–Crippen MR) is 46.1 cm³/mol. The van der Waals surface area contributed by atoms with E-state index >= 15 is 0 Å². The van der Waals surface area contributed by atoms with Crippen LogP contribution in [0.25, 0.3) is 0 Å². The third-order valence-corrected chi connectivity index (χ3v) is 2.32. The Kier molecular flexibility index (Phi) is 2.16. The molecule has 4 heteroatoms. The molecule has 0 spiro atoms. The fraction of sp³-hybridized carbons (Fsp3) is 0.167. The molecule has 0 aliphatic rings. The second kappa shape index (κ2) is 2.76. The van der Waals surface area contributed by atoms with Crippen LogP contribution in [0.2, 0.25) is 5.02 Å². The first kappa shape index (κ1) is 7.82. The lowest BCUT2D eigenvalue weighted by atomic mass is 10.4. The zero-order valence-corrected chi connectivity index (χ0v) is 7.70. The fourth-order valence-electron chi connectivity index (χ4n) is 0.640. The highest BCUT2D eigenvalue weighted by molar-refractivity contribution is 9.10. The molecule has 0 aliphatic carbocycles. The zero-order chi connectivity index (χ0) is 7.72. The summed E-state index contributed by atoms with van der Waals surface area (Å²) in [4.78, 5) is 3.95. The number of anilines is 1. The van der Waals surface area contributed by atoms with Crippen LogP contribution in [-0.4, -0.2) is 4.98 Å². The molecule has 54 valence electrons. The molecule has 0 saturated carbocycles. The minimum atomic E-state index is 0.369. The van der Waals surface area contributed by atoms with Crippen LogP contribution in [0.5, 0.6) is 0 Å². The molecule has 0 saturated heterocycles. The second-order valence-electron chi connectivity index (χ2n) is 1.94. The molecule has 0 unspecified atom stereocenters. The van der Waals surface area contributed by atoms with Crippen LogP contribution in [-0.2, 0) is 0 Å². The maximum Gasteiger partial charge on any atom is 0.143 e. The summed E-state index contributed by atoms with van der Waals surface area (Å²) in [6, 6.07) is 1.82. The number of aryl methyl sites for hydroxylation is 1. The Hall–Kier alpha value is -0.280.